The molecule has 150 valence electrons. The van der Waals surface area contributed by atoms with Gasteiger partial charge in [-0.1, -0.05) is 0 Å². The Morgan fingerprint density at radius 3 is 2.33 bits per heavy atom. The SMILES string of the molecule is [2H]C1([2H])CN(C(=O)OC(C)(C)C)CC([2H])([2H])C1n1cc(B2OC(C)(C)C(C)(C)O2)cn1. The number of aromatic nitrogens is 2. The predicted molar refractivity (Wildman–Crippen MR) is 104 cm³/mol. The summed E-state index contributed by atoms with van der Waals surface area (Å²) in [6.07, 6.45) is -1.84. The van der Waals surface area contributed by atoms with E-state index < -0.39 is 48.8 Å². The molecular formula is C19H32BN3O4. The summed E-state index contributed by atoms with van der Waals surface area (Å²) < 4.78 is 52.8. The van der Waals surface area contributed by atoms with Crippen LogP contribution in [0.2, 0.25) is 0 Å². The highest BCUT2D eigenvalue weighted by Crippen LogP contribution is 2.36. The molecule has 1 amide bonds. The van der Waals surface area contributed by atoms with E-state index in [4.69, 9.17) is 19.5 Å². The van der Waals surface area contributed by atoms with Gasteiger partial charge in [0.2, 0.25) is 0 Å². The Kier molecular flexibility index (Phi) is 3.88. The van der Waals surface area contributed by atoms with Gasteiger partial charge < -0.3 is 18.9 Å². The van der Waals surface area contributed by atoms with Crippen LogP contribution in [-0.2, 0) is 14.0 Å². The molecule has 7 nitrogen and oxygen atoms in total. The van der Waals surface area contributed by atoms with E-state index in [-0.39, 0.29) is 13.1 Å². The fourth-order valence-corrected chi connectivity index (χ4v) is 2.76. The minimum absolute atomic E-state index is 0.308. The second kappa shape index (κ2) is 6.81. The van der Waals surface area contributed by atoms with Crippen molar-refractivity contribution >= 4 is 18.7 Å². The number of hydrogen-bond donors (Lipinski definition) is 0. The Morgan fingerprint density at radius 2 is 1.81 bits per heavy atom. The molecule has 0 aromatic carbocycles. The average Bonchev–Trinajstić information content (AvgIpc) is 3.06. The smallest absolute Gasteiger partial charge is 0.444 e. The van der Waals surface area contributed by atoms with Gasteiger partial charge in [-0.3, -0.25) is 4.68 Å². The van der Waals surface area contributed by atoms with Gasteiger partial charge in [-0.15, -0.1) is 0 Å². The molecule has 2 fully saturated rings. The lowest BCUT2D eigenvalue weighted by Gasteiger charge is -2.33. The summed E-state index contributed by atoms with van der Waals surface area (Å²) in [7, 11) is -0.683. The zero-order chi connectivity index (χ0) is 23.6. The van der Waals surface area contributed by atoms with Gasteiger partial charge in [0.25, 0.3) is 0 Å². The Morgan fingerprint density at radius 1 is 1.26 bits per heavy atom. The second-order valence-electron chi connectivity index (χ2n) is 8.99. The maximum absolute atomic E-state index is 12.4. The summed E-state index contributed by atoms with van der Waals surface area (Å²) in [4.78, 5) is 13.5. The normalized spacial score (nSPS) is 28.9. The number of rotatable bonds is 2. The maximum Gasteiger partial charge on any atom is 0.498 e. The zero-order valence-electron chi connectivity index (χ0n) is 21.2. The summed E-state index contributed by atoms with van der Waals surface area (Å²) in [5.41, 5.74) is -1.25. The molecule has 0 radical (unpaired) electrons. The molecule has 3 heterocycles. The summed E-state index contributed by atoms with van der Waals surface area (Å²) in [5.74, 6) is 0. The largest absolute Gasteiger partial charge is 0.498 e. The number of piperidine rings is 1. The molecule has 0 N–H and O–H groups in total. The molecule has 0 bridgehead atoms. The second-order valence-corrected chi connectivity index (χ2v) is 8.99. The Labute approximate surface area is 168 Å². The molecule has 0 spiro atoms. The van der Waals surface area contributed by atoms with E-state index in [9.17, 15) is 4.79 Å². The van der Waals surface area contributed by atoms with Gasteiger partial charge in [0, 0.05) is 36.4 Å². The van der Waals surface area contributed by atoms with Crippen molar-refractivity contribution in [1.82, 2.24) is 14.7 Å². The molecule has 0 aliphatic carbocycles. The van der Waals surface area contributed by atoms with Crippen LogP contribution in [0.15, 0.2) is 12.4 Å². The van der Waals surface area contributed by atoms with E-state index in [1.165, 1.54) is 10.9 Å². The van der Waals surface area contributed by atoms with Gasteiger partial charge in [-0.25, -0.2) is 4.79 Å². The molecule has 1 aromatic rings. The van der Waals surface area contributed by atoms with E-state index in [1.807, 2.05) is 27.7 Å². The van der Waals surface area contributed by atoms with Crippen molar-refractivity contribution in [2.45, 2.75) is 84.1 Å². The lowest BCUT2D eigenvalue weighted by Crippen LogP contribution is -2.42. The Hall–Kier alpha value is -1.54. The molecule has 0 unspecified atom stereocenters. The number of likely N-dealkylation sites (tertiary alicyclic amines) is 1. The van der Waals surface area contributed by atoms with Gasteiger partial charge in [0.1, 0.15) is 5.60 Å². The van der Waals surface area contributed by atoms with Crippen LogP contribution >= 0.6 is 0 Å². The standard InChI is InChI=1S/C19H32BN3O4/c1-17(2,3)25-16(24)22-10-8-15(9-11-22)23-13-14(12-21-23)20-26-18(4,5)19(6,7)27-20/h12-13,15H,8-11H2,1-7H3/i8D2,9D2. The van der Waals surface area contributed by atoms with Gasteiger partial charge in [0.05, 0.1) is 17.2 Å². The first-order valence-corrected chi connectivity index (χ1v) is 9.22. The summed E-state index contributed by atoms with van der Waals surface area (Å²) in [6, 6.07) is -1.24. The third-order valence-electron chi connectivity index (χ3n) is 5.01. The van der Waals surface area contributed by atoms with Gasteiger partial charge >= 0.3 is 13.2 Å². The lowest BCUT2D eigenvalue weighted by atomic mass is 9.82. The van der Waals surface area contributed by atoms with E-state index in [1.54, 1.807) is 27.0 Å². The number of carbonyl (C=O) groups is 1. The number of amides is 1. The summed E-state index contributed by atoms with van der Waals surface area (Å²) in [6.45, 7) is 12.2. The van der Waals surface area contributed by atoms with Crippen LogP contribution in [0.3, 0.4) is 0 Å². The third kappa shape index (κ3) is 4.32. The molecule has 27 heavy (non-hydrogen) atoms. The van der Waals surface area contributed by atoms with Crippen LogP contribution in [0.25, 0.3) is 0 Å². The Balaban J connectivity index is 1.83. The van der Waals surface area contributed by atoms with Crippen molar-refractivity contribution in [3.05, 3.63) is 12.4 Å². The first-order valence-electron chi connectivity index (χ1n) is 11.2. The van der Waals surface area contributed by atoms with Crippen LogP contribution in [0, 0.1) is 0 Å². The van der Waals surface area contributed by atoms with Crippen LogP contribution in [-0.4, -0.2) is 57.8 Å². The van der Waals surface area contributed by atoms with E-state index >= 15 is 0 Å². The highest BCUT2D eigenvalue weighted by atomic mass is 16.7. The predicted octanol–water partition coefficient (Wildman–Crippen LogP) is 2.75. The molecule has 2 saturated heterocycles. The van der Waals surface area contributed by atoms with Crippen LogP contribution in [0.1, 0.15) is 72.7 Å². The van der Waals surface area contributed by atoms with Gasteiger partial charge in [-0.2, -0.15) is 5.10 Å². The third-order valence-corrected chi connectivity index (χ3v) is 5.01. The molecular weight excluding hydrogens is 345 g/mol. The van der Waals surface area contributed by atoms with E-state index in [2.05, 4.69) is 5.10 Å². The lowest BCUT2D eigenvalue weighted by molar-refractivity contribution is 0.00578. The monoisotopic (exact) mass is 381 g/mol. The molecule has 1 aromatic heterocycles. The average molecular weight is 381 g/mol. The van der Waals surface area contributed by atoms with Crippen LogP contribution < -0.4 is 5.46 Å². The molecule has 0 saturated carbocycles. The fraction of sp³-hybridized carbons (Fsp3) is 0.789. The number of ether oxygens (including phenoxy) is 1. The van der Waals surface area contributed by atoms with Gasteiger partial charge in [0.15, 0.2) is 0 Å². The van der Waals surface area contributed by atoms with E-state index in [0.717, 1.165) is 4.90 Å². The molecule has 0 atom stereocenters. The number of nitrogens with zero attached hydrogens (tertiary/aromatic N) is 3. The first-order chi connectivity index (χ1) is 13.8. The minimum atomic E-state index is -2.09. The minimum Gasteiger partial charge on any atom is -0.444 e. The topological polar surface area (TPSA) is 65.8 Å². The van der Waals surface area contributed by atoms with E-state index in [0.29, 0.717) is 5.46 Å². The van der Waals surface area contributed by atoms with Crippen molar-refractivity contribution in [2.24, 2.45) is 0 Å². The highest BCUT2D eigenvalue weighted by molar-refractivity contribution is 6.62. The molecule has 2 aliphatic rings. The van der Waals surface area contributed by atoms with Crippen molar-refractivity contribution in [2.75, 3.05) is 13.1 Å². The quantitative estimate of drug-likeness (QED) is 0.737. The summed E-state index contributed by atoms with van der Waals surface area (Å²) >= 11 is 0. The first kappa shape index (κ1) is 15.4. The molecule has 2 aliphatic heterocycles. The van der Waals surface area contributed by atoms with Crippen molar-refractivity contribution in [3.8, 4) is 0 Å². The fourth-order valence-electron chi connectivity index (χ4n) is 2.76. The maximum atomic E-state index is 12.4. The van der Waals surface area contributed by atoms with Crippen molar-refractivity contribution < 1.29 is 24.3 Å². The molecule has 3 rings (SSSR count). The Bertz CT molecular complexity index is 819. The summed E-state index contributed by atoms with van der Waals surface area (Å²) in [5, 5.41) is 4.24. The zero-order valence-corrected chi connectivity index (χ0v) is 17.2. The van der Waals surface area contributed by atoms with Crippen LogP contribution in [0.4, 0.5) is 4.79 Å². The number of carbonyl (C=O) groups excluding carboxylic acids is 1. The van der Waals surface area contributed by atoms with Gasteiger partial charge in [-0.05, 0) is 61.2 Å². The number of hydrogen-bond acceptors (Lipinski definition) is 5. The van der Waals surface area contributed by atoms with Crippen molar-refractivity contribution in [1.29, 1.82) is 0 Å². The molecule has 8 heteroatoms. The van der Waals surface area contributed by atoms with Crippen molar-refractivity contribution in [3.63, 3.8) is 0 Å². The van der Waals surface area contributed by atoms with Crippen LogP contribution in [0.5, 0.6) is 0 Å². The highest BCUT2D eigenvalue weighted by Gasteiger charge is 2.52.